The lowest BCUT2D eigenvalue weighted by Gasteiger charge is -2.22. The van der Waals surface area contributed by atoms with Crippen LogP contribution in [0.15, 0.2) is 0 Å². The second-order valence-corrected chi connectivity index (χ2v) is 7.51. The summed E-state index contributed by atoms with van der Waals surface area (Å²) in [4.78, 5) is 14.0. The molecule has 0 aromatic carbocycles. The average Bonchev–Trinajstić information content (AvgIpc) is 2.64. The molecule has 0 spiro atoms. The predicted octanol–water partition coefficient (Wildman–Crippen LogP) is 5.16. The first-order valence-corrected chi connectivity index (χ1v) is 11.2. The highest BCUT2D eigenvalue weighted by molar-refractivity contribution is 5.77. The molecule has 0 heterocycles. The van der Waals surface area contributed by atoms with Gasteiger partial charge in [0, 0.05) is 13.7 Å². The predicted molar refractivity (Wildman–Crippen MR) is 113 cm³/mol. The van der Waals surface area contributed by atoms with Gasteiger partial charge in [-0.15, -0.1) is 0 Å². The van der Waals surface area contributed by atoms with Crippen LogP contribution in [-0.2, 0) is 9.53 Å². The van der Waals surface area contributed by atoms with Crippen molar-refractivity contribution in [2.24, 2.45) is 0 Å². The Bertz CT molecular complexity index is 282. The summed E-state index contributed by atoms with van der Waals surface area (Å²) in [7, 11) is 1.56. The number of rotatable bonds is 20. The van der Waals surface area contributed by atoms with Gasteiger partial charge < -0.3 is 15.0 Å². The van der Waals surface area contributed by atoms with Crippen LogP contribution in [0.5, 0.6) is 0 Å². The largest absolute Gasteiger partial charge is 0.375 e. The number of hydrogen-bond acceptors (Lipinski definition) is 3. The van der Waals surface area contributed by atoms with Crippen LogP contribution in [0.2, 0.25) is 0 Å². The second kappa shape index (κ2) is 20.7. The molecule has 0 fully saturated rings. The first kappa shape index (κ1) is 25.4. The first-order chi connectivity index (χ1) is 12.7. The fourth-order valence-electron chi connectivity index (χ4n) is 3.28. The molecular weight excluding hydrogens is 324 g/mol. The van der Waals surface area contributed by atoms with E-state index in [1.807, 2.05) is 0 Å². The third kappa shape index (κ3) is 18.2. The van der Waals surface area contributed by atoms with Crippen LogP contribution in [0.1, 0.15) is 97.3 Å². The fourth-order valence-corrected chi connectivity index (χ4v) is 3.28. The summed E-state index contributed by atoms with van der Waals surface area (Å²) in [6, 6.07) is 0. The summed E-state index contributed by atoms with van der Waals surface area (Å²) in [6.45, 7) is 8.99. The highest BCUT2D eigenvalue weighted by Gasteiger charge is 2.06. The van der Waals surface area contributed by atoms with Crippen molar-refractivity contribution in [2.45, 2.75) is 97.3 Å². The van der Waals surface area contributed by atoms with Gasteiger partial charge in [0.05, 0.1) is 0 Å². The van der Waals surface area contributed by atoms with E-state index in [1.54, 1.807) is 7.11 Å². The van der Waals surface area contributed by atoms with Crippen LogP contribution in [0, 0.1) is 0 Å². The molecule has 0 unspecified atom stereocenters. The highest BCUT2D eigenvalue weighted by Crippen LogP contribution is 2.09. The Hall–Kier alpha value is -0.610. The van der Waals surface area contributed by atoms with E-state index < -0.39 is 0 Å². The second-order valence-electron chi connectivity index (χ2n) is 7.51. The van der Waals surface area contributed by atoms with E-state index in [0.717, 1.165) is 19.5 Å². The van der Waals surface area contributed by atoms with Crippen molar-refractivity contribution in [3.63, 3.8) is 0 Å². The lowest BCUT2D eigenvalue weighted by atomic mass is 10.1. The lowest BCUT2D eigenvalue weighted by Crippen LogP contribution is -2.32. The third-order valence-corrected chi connectivity index (χ3v) is 4.90. The third-order valence-electron chi connectivity index (χ3n) is 4.90. The molecule has 1 amide bonds. The molecule has 0 aliphatic heterocycles. The average molecular weight is 371 g/mol. The molecule has 0 saturated carbocycles. The Kier molecular flexibility index (Phi) is 20.2. The maximum atomic E-state index is 11.4. The molecule has 0 aliphatic rings. The molecule has 0 aliphatic carbocycles. The minimum atomic E-state index is -0.00843. The van der Waals surface area contributed by atoms with Crippen molar-refractivity contribution < 1.29 is 9.53 Å². The van der Waals surface area contributed by atoms with Crippen molar-refractivity contribution in [2.75, 3.05) is 39.9 Å². The fraction of sp³-hybridized carbons (Fsp3) is 0.955. The van der Waals surface area contributed by atoms with Gasteiger partial charge >= 0.3 is 0 Å². The van der Waals surface area contributed by atoms with Gasteiger partial charge in [0.1, 0.15) is 6.61 Å². The Morgan fingerprint density at radius 2 is 1.19 bits per heavy atom. The maximum absolute atomic E-state index is 11.4. The first-order valence-electron chi connectivity index (χ1n) is 11.2. The number of nitrogens with one attached hydrogen (secondary N) is 1. The molecule has 1 N–H and O–H groups in total. The van der Waals surface area contributed by atoms with Crippen molar-refractivity contribution in [3.8, 4) is 0 Å². The van der Waals surface area contributed by atoms with E-state index in [9.17, 15) is 4.79 Å². The Morgan fingerprint density at radius 1 is 0.731 bits per heavy atom. The molecular formula is C22H46N2O2. The van der Waals surface area contributed by atoms with Crippen LogP contribution < -0.4 is 5.32 Å². The topological polar surface area (TPSA) is 41.6 Å². The van der Waals surface area contributed by atoms with Crippen LogP contribution >= 0.6 is 0 Å². The molecule has 0 bridgehead atoms. The molecule has 4 heteroatoms. The SMILES string of the molecule is CCCCCCCCN(CCCCCCCC)CCCNC(=O)COC. The summed E-state index contributed by atoms with van der Waals surface area (Å²) in [5, 5.41) is 2.93. The van der Waals surface area contributed by atoms with Gasteiger partial charge in [-0.25, -0.2) is 0 Å². The number of methoxy groups -OCH3 is 1. The van der Waals surface area contributed by atoms with E-state index in [-0.39, 0.29) is 12.5 Å². The summed E-state index contributed by atoms with van der Waals surface area (Å²) in [5.74, 6) is -0.00843. The Balaban J connectivity index is 3.89. The molecule has 0 aromatic rings. The molecule has 156 valence electrons. The van der Waals surface area contributed by atoms with Gasteiger partial charge in [-0.2, -0.15) is 0 Å². The van der Waals surface area contributed by atoms with Crippen LogP contribution in [0.25, 0.3) is 0 Å². The Labute approximate surface area is 163 Å². The molecule has 4 nitrogen and oxygen atoms in total. The summed E-state index contributed by atoms with van der Waals surface area (Å²) >= 11 is 0. The molecule has 0 atom stereocenters. The van der Waals surface area contributed by atoms with Gasteiger partial charge in [0.2, 0.25) is 5.91 Å². The molecule has 0 aromatic heterocycles. The maximum Gasteiger partial charge on any atom is 0.245 e. The zero-order chi connectivity index (χ0) is 19.3. The minimum Gasteiger partial charge on any atom is -0.375 e. The summed E-state index contributed by atoms with van der Waals surface area (Å²) in [5.41, 5.74) is 0. The number of unbranched alkanes of at least 4 members (excludes halogenated alkanes) is 10. The molecule has 0 rings (SSSR count). The monoisotopic (exact) mass is 370 g/mol. The van der Waals surface area contributed by atoms with E-state index in [2.05, 4.69) is 24.1 Å². The van der Waals surface area contributed by atoms with Crippen molar-refractivity contribution >= 4 is 5.91 Å². The molecule has 0 radical (unpaired) electrons. The van der Waals surface area contributed by atoms with E-state index >= 15 is 0 Å². The number of carbonyl (C=O) groups is 1. The zero-order valence-corrected chi connectivity index (χ0v) is 18.0. The van der Waals surface area contributed by atoms with Crippen molar-refractivity contribution in [1.29, 1.82) is 0 Å². The Morgan fingerprint density at radius 3 is 1.69 bits per heavy atom. The van der Waals surface area contributed by atoms with E-state index in [0.29, 0.717) is 0 Å². The quantitative estimate of drug-likeness (QED) is 0.301. The normalized spacial score (nSPS) is 11.2. The zero-order valence-electron chi connectivity index (χ0n) is 18.0. The lowest BCUT2D eigenvalue weighted by molar-refractivity contribution is -0.124. The number of carbonyl (C=O) groups excluding carboxylic acids is 1. The number of hydrogen-bond donors (Lipinski definition) is 1. The van der Waals surface area contributed by atoms with Crippen LogP contribution in [-0.4, -0.2) is 50.7 Å². The molecule has 0 saturated heterocycles. The van der Waals surface area contributed by atoms with Crippen LogP contribution in [0.3, 0.4) is 0 Å². The van der Waals surface area contributed by atoms with Crippen LogP contribution in [0.4, 0.5) is 0 Å². The highest BCUT2D eigenvalue weighted by atomic mass is 16.5. The van der Waals surface area contributed by atoms with Gasteiger partial charge in [-0.3, -0.25) is 4.79 Å². The number of amides is 1. The van der Waals surface area contributed by atoms with Gasteiger partial charge in [-0.05, 0) is 38.9 Å². The van der Waals surface area contributed by atoms with Gasteiger partial charge in [0.15, 0.2) is 0 Å². The standard InChI is InChI=1S/C22H46N2O2/c1-4-6-8-10-12-14-18-24(19-15-13-11-9-7-5-2)20-16-17-23-22(25)21-26-3/h4-21H2,1-3H3,(H,23,25). The van der Waals surface area contributed by atoms with Gasteiger partial charge in [0.25, 0.3) is 0 Å². The van der Waals surface area contributed by atoms with E-state index in [4.69, 9.17) is 4.74 Å². The van der Waals surface area contributed by atoms with E-state index in [1.165, 1.54) is 90.1 Å². The summed E-state index contributed by atoms with van der Waals surface area (Å²) < 4.78 is 4.85. The molecule has 26 heavy (non-hydrogen) atoms. The number of ether oxygens (including phenoxy) is 1. The summed E-state index contributed by atoms with van der Waals surface area (Å²) in [6.07, 6.45) is 17.3. The van der Waals surface area contributed by atoms with Gasteiger partial charge in [-0.1, -0.05) is 78.1 Å². The minimum absolute atomic E-state index is 0.00843. The van der Waals surface area contributed by atoms with Crippen molar-refractivity contribution in [1.82, 2.24) is 10.2 Å². The number of nitrogens with zero attached hydrogens (tertiary/aromatic N) is 1. The van der Waals surface area contributed by atoms with Crippen molar-refractivity contribution in [3.05, 3.63) is 0 Å². The smallest absolute Gasteiger partial charge is 0.245 e.